The van der Waals surface area contributed by atoms with Gasteiger partial charge in [-0.3, -0.25) is 9.78 Å². The minimum absolute atomic E-state index is 0.302. The molecular formula is C20H18BrN3O2. The van der Waals surface area contributed by atoms with Crippen LogP contribution in [0.2, 0.25) is 0 Å². The number of amides is 1. The van der Waals surface area contributed by atoms with E-state index in [9.17, 15) is 4.79 Å². The monoisotopic (exact) mass is 411 g/mol. The van der Waals surface area contributed by atoms with Crippen molar-refractivity contribution in [1.82, 2.24) is 10.4 Å². The molecule has 0 saturated carbocycles. The molecule has 0 aliphatic carbocycles. The first-order valence-corrected chi connectivity index (χ1v) is 8.83. The van der Waals surface area contributed by atoms with Gasteiger partial charge in [0, 0.05) is 15.4 Å². The lowest BCUT2D eigenvalue weighted by Crippen LogP contribution is -2.19. The number of hydrazone groups is 1. The second-order valence-corrected chi connectivity index (χ2v) is 6.77. The lowest BCUT2D eigenvalue weighted by Gasteiger charge is -2.08. The van der Waals surface area contributed by atoms with Crippen molar-refractivity contribution in [3.8, 4) is 5.75 Å². The number of aryl methyl sites for hydroxylation is 2. The molecule has 0 spiro atoms. The number of carbonyl (C=O) groups is 1. The van der Waals surface area contributed by atoms with Gasteiger partial charge in [0.15, 0.2) is 0 Å². The zero-order valence-corrected chi connectivity index (χ0v) is 16.3. The fourth-order valence-electron chi connectivity index (χ4n) is 2.70. The van der Waals surface area contributed by atoms with E-state index in [1.54, 1.807) is 13.3 Å². The summed E-state index contributed by atoms with van der Waals surface area (Å²) in [6.45, 7) is 3.83. The van der Waals surface area contributed by atoms with Gasteiger partial charge in [-0.15, -0.1) is 0 Å². The molecule has 5 nitrogen and oxygen atoms in total. The predicted molar refractivity (Wildman–Crippen MR) is 107 cm³/mol. The summed E-state index contributed by atoms with van der Waals surface area (Å²) >= 11 is 3.41. The van der Waals surface area contributed by atoms with Gasteiger partial charge in [-0.1, -0.05) is 34.1 Å². The Labute approximate surface area is 160 Å². The van der Waals surface area contributed by atoms with E-state index in [0.717, 1.165) is 26.5 Å². The van der Waals surface area contributed by atoms with Crippen LogP contribution in [0.1, 0.15) is 27.2 Å². The summed E-state index contributed by atoms with van der Waals surface area (Å²) < 4.78 is 6.19. The number of ether oxygens (including phenoxy) is 1. The van der Waals surface area contributed by atoms with Gasteiger partial charge < -0.3 is 4.74 Å². The molecule has 6 heteroatoms. The summed E-state index contributed by atoms with van der Waals surface area (Å²) in [5.74, 6) is 0.369. The van der Waals surface area contributed by atoms with E-state index in [0.29, 0.717) is 17.0 Å². The van der Waals surface area contributed by atoms with Crippen LogP contribution in [0.25, 0.3) is 10.9 Å². The van der Waals surface area contributed by atoms with Crippen LogP contribution in [-0.2, 0) is 0 Å². The quantitative estimate of drug-likeness (QED) is 0.511. The van der Waals surface area contributed by atoms with Gasteiger partial charge in [0.1, 0.15) is 5.75 Å². The molecule has 3 aromatic rings. The Morgan fingerprint density at radius 1 is 1.23 bits per heavy atom. The van der Waals surface area contributed by atoms with Gasteiger partial charge in [0.05, 0.1) is 30.1 Å². The molecule has 26 heavy (non-hydrogen) atoms. The molecule has 0 saturated heterocycles. The van der Waals surface area contributed by atoms with Crippen LogP contribution in [-0.4, -0.2) is 24.2 Å². The number of nitrogens with zero attached hydrogens (tertiary/aromatic N) is 2. The van der Waals surface area contributed by atoms with Gasteiger partial charge in [0.2, 0.25) is 0 Å². The van der Waals surface area contributed by atoms with Crippen molar-refractivity contribution >= 4 is 39.0 Å². The van der Waals surface area contributed by atoms with Crippen molar-refractivity contribution in [2.45, 2.75) is 13.8 Å². The summed E-state index contributed by atoms with van der Waals surface area (Å²) in [5.41, 5.74) is 6.47. The van der Waals surface area contributed by atoms with Crippen LogP contribution in [0.3, 0.4) is 0 Å². The molecule has 3 rings (SSSR count). The zero-order chi connectivity index (χ0) is 18.7. The van der Waals surface area contributed by atoms with Crippen molar-refractivity contribution in [1.29, 1.82) is 0 Å². The second kappa shape index (κ2) is 7.66. The number of aromatic nitrogens is 1. The van der Waals surface area contributed by atoms with Crippen molar-refractivity contribution < 1.29 is 9.53 Å². The number of benzene rings is 2. The average Bonchev–Trinajstić information content (AvgIpc) is 2.62. The van der Waals surface area contributed by atoms with Crippen LogP contribution in [0.5, 0.6) is 5.75 Å². The maximum absolute atomic E-state index is 12.5. The first-order chi connectivity index (χ1) is 12.5. The smallest absolute Gasteiger partial charge is 0.273 e. The average molecular weight is 412 g/mol. The molecule has 1 heterocycles. The summed E-state index contributed by atoms with van der Waals surface area (Å²) in [4.78, 5) is 17.1. The molecule has 0 aliphatic heterocycles. The van der Waals surface area contributed by atoms with Crippen LogP contribution in [0.4, 0.5) is 0 Å². The van der Waals surface area contributed by atoms with Gasteiger partial charge in [0.25, 0.3) is 5.91 Å². The maximum Gasteiger partial charge on any atom is 0.273 e. The Balaban J connectivity index is 1.84. The minimum Gasteiger partial charge on any atom is -0.496 e. The fraction of sp³-hybridized carbons (Fsp3) is 0.150. The number of nitrogens with one attached hydrogen (secondary N) is 1. The molecule has 0 atom stereocenters. The second-order valence-electron chi connectivity index (χ2n) is 5.85. The number of methoxy groups -OCH3 is 1. The van der Waals surface area contributed by atoms with E-state index in [1.807, 2.05) is 56.3 Å². The summed E-state index contributed by atoms with van der Waals surface area (Å²) in [6.07, 6.45) is 1.55. The first kappa shape index (κ1) is 18.1. The molecule has 0 fully saturated rings. The summed E-state index contributed by atoms with van der Waals surface area (Å²) in [6, 6.07) is 13.3. The molecule has 1 N–H and O–H groups in total. The standard InChI is InChI=1S/C20H18BrN3O2/c1-12-5-4-6-14-10-17(13(2)23-19(12)14)20(25)24-22-11-15-9-16(21)7-8-18(15)26-3/h4-11H,1-3H3,(H,24,25)/b22-11+. The molecular weight excluding hydrogens is 394 g/mol. The van der Waals surface area contributed by atoms with Gasteiger partial charge in [-0.2, -0.15) is 5.10 Å². The highest BCUT2D eigenvalue weighted by atomic mass is 79.9. The number of hydrogen-bond donors (Lipinski definition) is 1. The lowest BCUT2D eigenvalue weighted by molar-refractivity contribution is 0.0954. The van der Waals surface area contributed by atoms with E-state index in [4.69, 9.17) is 4.74 Å². The van der Waals surface area contributed by atoms with Crippen molar-refractivity contribution in [3.05, 3.63) is 69.3 Å². The number of carbonyl (C=O) groups excluding carboxylic acids is 1. The van der Waals surface area contributed by atoms with E-state index < -0.39 is 0 Å². The Kier molecular flexibility index (Phi) is 5.32. The molecule has 1 aromatic heterocycles. The fourth-order valence-corrected chi connectivity index (χ4v) is 3.07. The third-order valence-corrected chi connectivity index (χ3v) is 4.54. The zero-order valence-electron chi connectivity index (χ0n) is 14.7. The summed E-state index contributed by atoms with van der Waals surface area (Å²) in [7, 11) is 1.59. The van der Waals surface area contributed by atoms with E-state index >= 15 is 0 Å². The third kappa shape index (κ3) is 3.75. The minimum atomic E-state index is -0.302. The highest BCUT2D eigenvalue weighted by molar-refractivity contribution is 9.10. The van der Waals surface area contributed by atoms with E-state index in [2.05, 4.69) is 31.4 Å². The predicted octanol–water partition coefficient (Wildman–Crippen LogP) is 4.39. The number of hydrogen-bond acceptors (Lipinski definition) is 4. The highest BCUT2D eigenvalue weighted by Gasteiger charge is 2.12. The van der Waals surface area contributed by atoms with Gasteiger partial charge >= 0.3 is 0 Å². The molecule has 2 aromatic carbocycles. The van der Waals surface area contributed by atoms with Crippen molar-refractivity contribution in [2.24, 2.45) is 5.10 Å². The van der Waals surface area contributed by atoms with E-state index in [-0.39, 0.29) is 5.91 Å². The normalized spacial score (nSPS) is 11.1. The largest absolute Gasteiger partial charge is 0.496 e. The number of para-hydroxylation sites is 1. The van der Waals surface area contributed by atoms with Crippen molar-refractivity contribution in [2.75, 3.05) is 7.11 Å². The molecule has 0 unspecified atom stereocenters. The van der Waals surface area contributed by atoms with E-state index in [1.165, 1.54) is 0 Å². The van der Waals surface area contributed by atoms with Gasteiger partial charge in [-0.25, -0.2) is 5.43 Å². The molecule has 132 valence electrons. The Bertz CT molecular complexity index is 1020. The number of pyridine rings is 1. The van der Waals surface area contributed by atoms with Gasteiger partial charge in [-0.05, 0) is 43.7 Å². The lowest BCUT2D eigenvalue weighted by atomic mass is 10.1. The van der Waals surface area contributed by atoms with Crippen molar-refractivity contribution in [3.63, 3.8) is 0 Å². The SMILES string of the molecule is COc1ccc(Br)cc1/C=N/NC(=O)c1cc2cccc(C)c2nc1C. The molecule has 0 radical (unpaired) electrons. The Morgan fingerprint density at radius 2 is 2.04 bits per heavy atom. The maximum atomic E-state index is 12.5. The summed E-state index contributed by atoms with van der Waals surface area (Å²) in [5, 5.41) is 4.98. The topological polar surface area (TPSA) is 63.6 Å². The Morgan fingerprint density at radius 3 is 2.81 bits per heavy atom. The molecule has 1 amide bonds. The third-order valence-electron chi connectivity index (χ3n) is 4.04. The van der Waals surface area contributed by atoms with Crippen LogP contribution < -0.4 is 10.2 Å². The van der Waals surface area contributed by atoms with Crippen LogP contribution in [0, 0.1) is 13.8 Å². The number of rotatable bonds is 4. The van der Waals surface area contributed by atoms with Crippen LogP contribution >= 0.6 is 15.9 Å². The molecule has 0 aliphatic rings. The first-order valence-electron chi connectivity index (χ1n) is 8.03. The van der Waals surface area contributed by atoms with Crippen LogP contribution in [0.15, 0.2) is 52.0 Å². The number of halogens is 1. The Hall–Kier alpha value is -2.73. The molecule has 0 bridgehead atoms. The highest BCUT2D eigenvalue weighted by Crippen LogP contribution is 2.22. The number of fused-ring (bicyclic) bond motifs is 1.